The Labute approximate surface area is 156 Å². The first-order valence-electron chi connectivity index (χ1n) is 11.0. The van der Waals surface area contributed by atoms with E-state index in [4.69, 9.17) is 0 Å². The Hall–Kier alpha value is 0.394. The van der Waals surface area contributed by atoms with Crippen LogP contribution in [0.2, 0.25) is 44.8 Å². The zero-order chi connectivity index (χ0) is 18.3. The average Bonchev–Trinajstić information content (AvgIpc) is 2.48. The molecule has 0 aromatic carbocycles. The Balaban J connectivity index is 3.39. The fraction of sp³-hybridized carbons (Fsp3) is 1.00. The van der Waals surface area contributed by atoms with Gasteiger partial charge in [-0.1, -0.05) is 122 Å². The van der Waals surface area contributed by atoms with Gasteiger partial charge < -0.3 is 4.98 Å². The molecule has 0 amide bonds. The molecule has 0 saturated heterocycles. The van der Waals surface area contributed by atoms with E-state index in [1.807, 2.05) is 0 Å². The molecule has 0 aliphatic carbocycles. The third kappa shape index (κ3) is 18.7. The highest BCUT2D eigenvalue weighted by molar-refractivity contribution is 6.77. The van der Waals surface area contributed by atoms with Crippen molar-refractivity contribution in [2.75, 3.05) is 6.54 Å². The van der Waals surface area contributed by atoms with Crippen LogP contribution in [0.15, 0.2) is 0 Å². The minimum Gasteiger partial charge on any atom is -0.337 e. The molecule has 3 heteroatoms. The van der Waals surface area contributed by atoms with Gasteiger partial charge in [0, 0.05) is 8.07 Å². The maximum absolute atomic E-state index is 3.72. The van der Waals surface area contributed by atoms with E-state index in [0.29, 0.717) is 0 Å². The largest absolute Gasteiger partial charge is 0.337 e. The number of nitrogens with one attached hydrogen (secondary N) is 1. The molecule has 0 heterocycles. The molecule has 0 fully saturated rings. The quantitative estimate of drug-likeness (QED) is 0.203. The van der Waals surface area contributed by atoms with Crippen LogP contribution in [-0.2, 0) is 0 Å². The molecule has 0 spiro atoms. The molecule has 0 saturated carbocycles. The smallest absolute Gasteiger partial charge is 0.116 e. The van der Waals surface area contributed by atoms with Crippen LogP contribution in [-0.4, -0.2) is 22.9 Å². The van der Waals surface area contributed by atoms with Gasteiger partial charge in [-0.05, 0) is 13.0 Å². The molecule has 0 aromatic heterocycles. The summed E-state index contributed by atoms with van der Waals surface area (Å²) in [5.41, 5.74) is 0. The molecule has 24 heavy (non-hydrogen) atoms. The highest BCUT2D eigenvalue weighted by Crippen LogP contribution is 2.23. The molecule has 0 radical (unpaired) electrons. The monoisotopic (exact) mass is 371 g/mol. The van der Waals surface area contributed by atoms with Crippen LogP contribution in [0.1, 0.15) is 84.0 Å². The Morgan fingerprint density at radius 3 is 1.42 bits per heavy atom. The topological polar surface area (TPSA) is 12.0 Å². The molecule has 1 N–H and O–H groups in total. The summed E-state index contributed by atoms with van der Waals surface area (Å²) >= 11 is 0. The van der Waals surface area contributed by atoms with E-state index in [1.54, 1.807) is 12.1 Å². The van der Waals surface area contributed by atoms with E-state index in [2.05, 4.69) is 44.6 Å². The Morgan fingerprint density at radius 2 is 0.958 bits per heavy atom. The van der Waals surface area contributed by atoms with Gasteiger partial charge in [0.15, 0.2) is 0 Å². The van der Waals surface area contributed by atoms with Crippen LogP contribution in [0.25, 0.3) is 0 Å². The summed E-state index contributed by atoms with van der Waals surface area (Å²) in [7, 11) is -1.91. The van der Waals surface area contributed by atoms with Crippen molar-refractivity contribution in [2.45, 2.75) is 129 Å². The van der Waals surface area contributed by atoms with Gasteiger partial charge >= 0.3 is 0 Å². The van der Waals surface area contributed by atoms with Crippen molar-refractivity contribution in [1.82, 2.24) is 4.98 Å². The number of unbranched alkanes of at least 4 members (excludes halogenated alkanes) is 10. The summed E-state index contributed by atoms with van der Waals surface area (Å²) in [6.07, 6.45) is 17.5. The lowest BCUT2D eigenvalue weighted by atomic mass is 10.1. The molecule has 146 valence electrons. The molecule has 0 aliphatic rings. The van der Waals surface area contributed by atoms with E-state index in [9.17, 15) is 0 Å². The van der Waals surface area contributed by atoms with Crippen molar-refractivity contribution < 1.29 is 0 Å². The molecule has 0 aromatic rings. The Kier molecular flexibility index (Phi) is 14.8. The van der Waals surface area contributed by atoms with Crippen LogP contribution in [0.4, 0.5) is 0 Å². The zero-order valence-electron chi connectivity index (χ0n) is 18.1. The second kappa shape index (κ2) is 14.6. The minimum atomic E-state index is -1.03. The van der Waals surface area contributed by atoms with Crippen LogP contribution in [0, 0.1) is 0 Å². The fourth-order valence-electron chi connectivity index (χ4n) is 3.41. The summed E-state index contributed by atoms with van der Waals surface area (Å²) in [4.78, 5) is 3.72. The molecule has 0 atom stereocenters. The molecule has 1 nitrogen and oxygen atoms in total. The summed E-state index contributed by atoms with van der Waals surface area (Å²) < 4.78 is 0. The van der Waals surface area contributed by atoms with Gasteiger partial charge in [0.25, 0.3) is 0 Å². The average molecular weight is 372 g/mol. The van der Waals surface area contributed by atoms with Gasteiger partial charge in [-0.25, -0.2) is 0 Å². The van der Waals surface area contributed by atoms with Crippen molar-refractivity contribution in [3.63, 3.8) is 0 Å². The SMILES string of the molecule is CCCCCCCC[Si](C)(C)CCCCCCCCN[Si](C)(C)C. The van der Waals surface area contributed by atoms with Crippen LogP contribution >= 0.6 is 0 Å². The van der Waals surface area contributed by atoms with Crippen LogP contribution < -0.4 is 4.98 Å². The van der Waals surface area contributed by atoms with Gasteiger partial charge in [-0.15, -0.1) is 0 Å². The Bertz CT molecular complexity index is 272. The first-order chi connectivity index (χ1) is 11.3. The summed E-state index contributed by atoms with van der Waals surface area (Å²) in [5.74, 6) is 0. The van der Waals surface area contributed by atoms with E-state index in [0.717, 1.165) is 0 Å². The van der Waals surface area contributed by atoms with Gasteiger partial charge in [-0.3, -0.25) is 0 Å². The normalized spacial score (nSPS) is 12.8. The van der Waals surface area contributed by atoms with Crippen molar-refractivity contribution in [3.05, 3.63) is 0 Å². The highest BCUT2D eigenvalue weighted by Gasteiger charge is 2.18. The lowest BCUT2D eigenvalue weighted by Crippen LogP contribution is -2.41. The van der Waals surface area contributed by atoms with Crippen molar-refractivity contribution >= 4 is 16.3 Å². The van der Waals surface area contributed by atoms with E-state index in [-0.39, 0.29) is 0 Å². The summed E-state index contributed by atoms with van der Waals surface area (Å²) in [5, 5.41) is 0. The molecule has 0 unspecified atom stereocenters. The predicted octanol–water partition coefficient (Wildman–Crippen LogP) is 7.82. The van der Waals surface area contributed by atoms with Crippen LogP contribution in [0.3, 0.4) is 0 Å². The summed E-state index contributed by atoms with van der Waals surface area (Å²) in [6.45, 7) is 16.0. The number of hydrogen-bond acceptors (Lipinski definition) is 1. The zero-order valence-corrected chi connectivity index (χ0v) is 20.1. The second-order valence-electron chi connectivity index (χ2n) is 9.73. The molecular formula is C21H49NSi2. The first-order valence-corrected chi connectivity index (χ1v) is 17.9. The highest BCUT2D eigenvalue weighted by atomic mass is 28.3. The van der Waals surface area contributed by atoms with Crippen molar-refractivity contribution in [3.8, 4) is 0 Å². The Morgan fingerprint density at radius 1 is 0.542 bits per heavy atom. The summed E-state index contributed by atoms with van der Waals surface area (Å²) in [6, 6.07) is 3.14. The lowest BCUT2D eigenvalue weighted by molar-refractivity contribution is 0.599. The fourth-order valence-corrected chi connectivity index (χ4v) is 7.00. The first kappa shape index (κ1) is 24.4. The van der Waals surface area contributed by atoms with Crippen molar-refractivity contribution in [2.24, 2.45) is 0 Å². The van der Waals surface area contributed by atoms with Gasteiger partial charge in [0.2, 0.25) is 0 Å². The minimum absolute atomic E-state index is 0.879. The van der Waals surface area contributed by atoms with Gasteiger partial charge in [-0.2, -0.15) is 0 Å². The number of rotatable bonds is 17. The van der Waals surface area contributed by atoms with E-state index < -0.39 is 16.3 Å². The predicted molar refractivity (Wildman–Crippen MR) is 120 cm³/mol. The van der Waals surface area contributed by atoms with Crippen LogP contribution in [0.5, 0.6) is 0 Å². The third-order valence-corrected chi connectivity index (χ3v) is 9.87. The lowest BCUT2D eigenvalue weighted by Gasteiger charge is -2.22. The maximum atomic E-state index is 3.72. The van der Waals surface area contributed by atoms with E-state index in [1.165, 1.54) is 83.6 Å². The molecule has 0 aliphatic heterocycles. The molecule has 0 rings (SSSR count). The standard InChI is InChI=1S/C21H49NSi2/c1-7-8-9-10-14-17-20-24(5,6)21-18-15-12-11-13-16-19-22-23(2,3)4/h22H,7-21H2,1-6H3. The molecular weight excluding hydrogens is 322 g/mol. The maximum Gasteiger partial charge on any atom is 0.116 e. The number of hydrogen-bond donors (Lipinski definition) is 1. The third-order valence-electron chi connectivity index (χ3n) is 5.14. The molecule has 0 bridgehead atoms. The van der Waals surface area contributed by atoms with Gasteiger partial charge in [0.1, 0.15) is 8.24 Å². The van der Waals surface area contributed by atoms with Gasteiger partial charge in [0.05, 0.1) is 0 Å². The van der Waals surface area contributed by atoms with E-state index >= 15 is 0 Å². The second-order valence-corrected chi connectivity index (χ2v) is 19.9. The van der Waals surface area contributed by atoms with Crippen molar-refractivity contribution in [1.29, 1.82) is 0 Å².